The first-order chi connectivity index (χ1) is 17.1. The average molecular weight is 458 g/mol. The molecule has 11 heteroatoms. The number of rotatable bonds is 2. The summed E-state index contributed by atoms with van der Waals surface area (Å²) in [6, 6.07) is 18.0. The molecule has 4 aromatic heterocycles. The minimum Gasteiger partial charge on any atom is -0.383 e. The van der Waals surface area contributed by atoms with Crippen molar-refractivity contribution in [2.75, 3.05) is 0 Å². The van der Waals surface area contributed by atoms with Crippen LogP contribution >= 0.6 is 0 Å². The van der Waals surface area contributed by atoms with Gasteiger partial charge in [0.2, 0.25) is 0 Å². The van der Waals surface area contributed by atoms with Gasteiger partial charge in [0, 0.05) is 0 Å². The van der Waals surface area contributed by atoms with Crippen LogP contribution in [-0.4, -0.2) is 29.1 Å². The molecule has 0 aliphatic rings. The van der Waals surface area contributed by atoms with E-state index in [1.165, 1.54) is 0 Å². The minimum absolute atomic E-state index is 0.179. The maximum atomic E-state index is 12.3. The van der Waals surface area contributed by atoms with E-state index < -0.39 is 11.3 Å². The molecule has 0 radical (unpaired) electrons. The van der Waals surface area contributed by atoms with Gasteiger partial charge < -0.3 is 14.1 Å². The average Bonchev–Trinajstić information content (AvgIpc) is 3.18. The Morgan fingerprint density at radius 3 is 1.34 bits per heavy atom. The summed E-state index contributed by atoms with van der Waals surface area (Å²) in [7, 11) is 0. The summed E-state index contributed by atoms with van der Waals surface area (Å²) < 4.78 is 7.90. The fourth-order valence-corrected chi connectivity index (χ4v) is 3.88. The van der Waals surface area contributed by atoms with Gasteiger partial charge in [-0.15, -0.1) is 9.97 Å². The van der Waals surface area contributed by atoms with E-state index >= 15 is 0 Å². The van der Waals surface area contributed by atoms with Crippen LogP contribution in [0.5, 0.6) is 0 Å². The Morgan fingerprint density at radius 2 is 0.971 bits per heavy atom. The van der Waals surface area contributed by atoms with Crippen molar-refractivity contribution in [3.63, 3.8) is 0 Å². The van der Waals surface area contributed by atoms with E-state index in [9.17, 15) is 9.59 Å². The third-order valence-corrected chi connectivity index (χ3v) is 5.34. The molecule has 6 aromatic rings. The number of furan rings is 1. The predicted molar refractivity (Wildman–Crippen MR) is 126 cm³/mol. The fraction of sp³-hybridized carbons (Fsp3) is 0. The third kappa shape index (κ3) is 2.90. The van der Waals surface area contributed by atoms with E-state index in [0.717, 1.165) is 0 Å². The van der Waals surface area contributed by atoms with Crippen molar-refractivity contribution in [3.8, 4) is 11.4 Å². The van der Waals surface area contributed by atoms with Gasteiger partial charge in [0.25, 0.3) is 11.6 Å². The molecule has 0 fully saturated rings. The number of hydrogen-bond acceptors (Lipinski definition) is 7. The second kappa shape index (κ2) is 7.43. The molecule has 0 unspecified atom stereocenters. The van der Waals surface area contributed by atoms with Crippen molar-refractivity contribution >= 4 is 45.3 Å². The van der Waals surface area contributed by atoms with Gasteiger partial charge in [-0.1, -0.05) is 49.5 Å². The number of hydrogen-bond donors (Lipinski definition) is 0. The largest absolute Gasteiger partial charge is 0.383 e. The lowest BCUT2D eigenvalue weighted by molar-refractivity contribution is 0.498. The van der Waals surface area contributed by atoms with E-state index in [2.05, 4.69) is 29.6 Å². The summed E-state index contributed by atoms with van der Waals surface area (Å²) in [6.45, 7) is 15.0. The van der Waals surface area contributed by atoms with Crippen molar-refractivity contribution in [1.29, 1.82) is 0 Å². The van der Waals surface area contributed by atoms with E-state index in [1.54, 1.807) is 57.7 Å². The second-order valence-electron chi connectivity index (χ2n) is 7.33. The Kier molecular flexibility index (Phi) is 4.24. The topological polar surface area (TPSA) is 117 Å². The van der Waals surface area contributed by atoms with Crippen LogP contribution in [0.2, 0.25) is 0 Å². The van der Waals surface area contributed by atoms with Crippen LogP contribution in [0.4, 0.5) is 11.6 Å². The summed E-state index contributed by atoms with van der Waals surface area (Å²) in [5.41, 5.74) is -0.285. The van der Waals surface area contributed by atoms with Gasteiger partial charge in [-0.2, -0.15) is 0 Å². The van der Waals surface area contributed by atoms with Crippen molar-refractivity contribution in [2.24, 2.45) is 0 Å². The van der Waals surface area contributed by atoms with Gasteiger partial charge in [-0.3, -0.25) is 9.13 Å². The summed E-state index contributed by atoms with van der Waals surface area (Å²) in [6.07, 6.45) is 0. The molecule has 4 heterocycles. The summed E-state index contributed by atoms with van der Waals surface area (Å²) in [4.78, 5) is 49.2. The minimum atomic E-state index is -0.901. The van der Waals surface area contributed by atoms with Crippen LogP contribution in [-0.2, 0) is 0 Å². The summed E-state index contributed by atoms with van der Waals surface area (Å²) in [5.74, 6) is -0.361. The molecule has 0 saturated heterocycles. The molecule has 164 valence electrons. The molecular weight excluding hydrogens is 448 g/mol. The van der Waals surface area contributed by atoms with Gasteiger partial charge in [0.15, 0.2) is 22.3 Å². The standard InChI is InChI=1S/C24H10N8O3/c1-25-17-18(26-2)30-22-21(29-17)31(13-9-5-3-6-10-13)19-20(32(22)14-11-7-4-8-12-14)28-16-15(27-19)23(33)35-24(16)34/h3-12H. The highest BCUT2D eigenvalue weighted by atomic mass is 16.4. The molecule has 0 amide bonds. The molecule has 0 atom stereocenters. The number of benzene rings is 2. The SMILES string of the molecule is [C-]#[N+]c1nc2c(nc1[N+]#[C-])n(-c1ccccc1)c1nc3c(=O)oc(=O)c3nc1n2-c1ccccc1. The van der Waals surface area contributed by atoms with Crippen molar-refractivity contribution in [1.82, 2.24) is 29.1 Å². The van der Waals surface area contributed by atoms with E-state index in [-0.39, 0.29) is 45.3 Å². The summed E-state index contributed by atoms with van der Waals surface area (Å²) in [5, 5.41) is 0. The highest BCUT2D eigenvalue weighted by molar-refractivity contribution is 5.91. The Balaban J connectivity index is 1.97. The summed E-state index contributed by atoms with van der Waals surface area (Å²) >= 11 is 0. The van der Waals surface area contributed by atoms with Gasteiger partial charge >= 0.3 is 22.5 Å². The Morgan fingerprint density at radius 1 is 0.600 bits per heavy atom. The quantitative estimate of drug-likeness (QED) is 0.287. The molecule has 35 heavy (non-hydrogen) atoms. The maximum absolute atomic E-state index is 12.3. The molecule has 0 aliphatic carbocycles. The molecule has 11 nitrogen and oxygen atoms in total. The highest BCUT2D eigenvalue weighted by Crippen LogP contribution is 2.32. The smallest absolute Gasteiger partial charge is 0.367 e. The number of aromatic nitrogens is 6. The van der Waals surface area contributed by atoms with Crippen LogP contribution in [0.15, 0.2) is 74.7 Å². The zero-order valence-corrected chi connectivity index (χ0v) is 17.6. The monoisotopic (exact) mass is 458 g/mol. The van der Waals surface area contributed by atoms with Crippen LogP contribution < -0.4 is 11.3 Å². The Hall–Kier alpha value is -5.68. The Labute approximate surface area is 194 Å². The van der Waals surface area contributed by atoms with E-state index in [4.69, 9.17) is 17.6 Å². The van der Waals surface area contributed by atoms with Crippen molar-refractivity contribution in [3.05, 3.63) is 104 Å². The predicted octanol–water partition coefficient (Wildman–Crippen LogP) is 3.72. The molecule has 0 aliphatic heterocycles. The molecule has 2 aromatic carbocycles. The van der Waals surface area contributed by atoms with E-state index in [0.29, 0.717) is 11.4 Å². The van der Waals surface area contributed by atoms with Crippen molar-refractivity contribution < 1.29 is 4.42 Å². The van der Waals surface area contributed by atoms with Gasteiger partial charge in [0.05, 0.1) is 11.4 Å². The lowest BCUT2D eigenvalue weighted by Crippen LogP contribution is -2.14. The van der Waals surface area contributed by atoms with Crippen molar-refractivity contribution in [2.45, 2.75) is 0 Å². The van der Waals surface area contributed by atoms with Crippen LogP contribution in [0, 0.1) is 13.1 Å². The Bertz CT molecular complexity index is 1870. The van der Waals surface area contributed by atoms with Gasteiger partial charge in [-0.25, -0.2) is 19.6 Å². The lowest BCUT2D eigenvalue weighted by atomic mass is 10.3. The molecule has 0 spiro atoms. The zero-order chi connectivity index (χ0) is 24.1. The fourth-order valence-electron chi connectivity index (χ4n) is 3.88. The normalized spacial score (nSPS) is 11.0. The number of nitrogens with zero attached hydrogens (tertiary/aromatic N) is 8. The zero-order valence-electron chi connectivity index (χ0n) is 17.6. The number of para-hydroxylation sites is 2. The number of fused-ring (bicyclic) bond motifs is 3. The van der Waals surface area contributed by atoms with Crippen LogP contribution in [0.3, 0.4) is 0 Å². The first kappa shape index (κ1) is 20.0. The van der Waals surface area contributed by atoms with Crippen LogP contribution in [0.1, 0.15) is 0 Å². The van der Waals surface area contributed by atoms with E-state index in [1.807, 2.05) is 12.1 Å². The molecular formula is C24H10N8O3. The second-order valence-corrected chi connectivity index (χ2v) is 7.33. The molecule has 0 bridgehead atoms. The first-order valence-electron chi connectivity index (χ1n) is 10.2. The van der Waals surface area contributed by atoms with Gasteiger partial charge in [0.1, 0.15) is 0 Å². The first-order valence-corrected chi connectivity index (χ1v) is 10.2. The molecule has 0 saturated carbocycles. The highest BCUT2D eigenvalue weighted by Gasteiger charge is 2.27. The van der Waals surface area contributed by atoms with Gasteiger partial charge in [-0.05, 0) is 24.3 Å². The molecule has 0 N–H and O–H groups in total. The lowest BCUT2D eigenvalue weighted by Gasteiger charge is -2.16. The van der Waals surface area contributed by atoms with Crippen LogP contribution in [0.25, 0.3) is 54.7 Å². The molecule has 6 rings (SSSR count). The maximum Gasteiger partial charge on any atom is 0.367 e. The third-order valence-electron chi connectivity index (χ3n) is 5.34.